The number of methoxy groups -OCH3 is 1. The molecule has 1 saturated heterocycles. The number of likely N-dealkylation sites (tertiary alicyclic amines) is 1. The van der Waals surface area contributed by atoms with Crippen LogP contribution in [0.1, 0.15) is 34.1 Å². The number of hydrogen-bond acceptors (Lipinski definition) is 4. The first-order valence-corrected chi connectivity index (χ1v) is 6.55. The summed E-state index contributed by atoms with van der Waals surface area (Å²) in [4.78, 5) is 16.1. The lowest BCUT2D eigenvalue weighted by atomic mass is 10.0. The molecule has 0 bridgehead atoms. The molecule has 1 aliphatic heterocycles. The Bertz CT molecular complexity index is 246. The van der Waals surface area contributed by atoms with E-state index in [1.807, 2.05) is 0 Å². The zero-order chi connectivity index (χ0) is 13.0. The van der Waals surface area contributed by atoms with Crippen LogP contribution in [-0.2, 0) is 9.53 Å². The lowest BCUT2D eigenvalue weighted by Gasteiger charge is -2.41. The largest absolute Gasteiger partial charge is 0.468 e. The van der Waals surface area contributed by atoms with E-state index >= 15 is 0 Å². The molecule has 0 aliphatic carbocycles. The van der Waals surface area contributed by atoms with Crippen molar-refractivity contribution in [2.75, 3.05) is 26.7 Å². The summed E-state index contributed by atoms with van der Waals surface area (Å²) in [6.07, 6.45) is 0.941. The van der Waals surface area contributed by atoms with Gasteiger partial charge < -0.3 is 4.74 Å². The van der Waals surface area contributed by atoms with Crippen LogP contribution >= 0.6 is 0 Å². The average Bonchev–Trinajstić information content (AvgIpc) is 2.21. The van der Waals surface area contributed by atoms with Gasteiger partial charge in [-0.25, -0.2) is 0 Å². The summed E-state index contributed by atoms with van der Waals surface area (Å²) in [5.41, 5.74) is 0. The quantitative estimate of drug-likeness (QED) is 0.658. The summed E-state index contributed by atoms with van der Waals surface area (Å²) in [6, 6.07) is 1.10. The smallest absolute Gasteiger partial charge is 0.323 e. The SMILES string of the molecule is COC(=O)C1CCN1CCN(C(C)C)C(C)C. The third kappa shape index (κ3) is 3.68. The molecule has 0 aromatic carbocycles. The minimum Gasteiger partial charge on any atom is -0.468 e. The van der Waals surface area contributed by atoms with Crippen molar-refractivity contribution < 1.29 is 9.53 Å². The van der Waals surface area contributed by atoms with Crippen molar-refractivity contribution in [3.63, 3.8) is 0 Å². The van der Waals surface area contributed by atoms with Crippen molar-refractivity contribution in [3.8, 4) is 0 Å². The number of rotatable bonds is 6. The van der Waals surface area contributed by atoms with Gasteiger partial charge in [-0.15, -0.1) is 0 Å². The molecule has 0 spiro atoms. The van der Waals surface area contributed by atoms with Crippen LogP contribution in [0, 0.1) is 0 Å². The Morgan fingerprint density at radius 2 is 1.94 bits per heavy atom. The lowest BCUT2D eigenvalue weighted by molar-refractivity contribution is -0.152. The van der Waals surface area contributed by atoms with Crippen molar-refractivity contribution in [3.05, 3.63) is 0 Å². The highest BCUT2D eigenvalue weighted by atomic mass is 16.5. The molecule has 0 radical (unpaired) electrons. The Hall–Kier alpha value is -0.610. The molecule has 0 N–H and O–H groups in total. The Labute approximate surface area is 105 Å². The van der Waals surface area contributed by atoms with E-state index in [1.165, 1.54) is 7.11 Å². The second kappa shape index (κ2) is 6.36. The highest BCUT2D eigenvalue weighted by Crippen LogP contribution is 2.18. The van der Waals surface area contributed by atoms with E-state index in [0.29, 0.717) is 12.1 Å². The first-order chi connectivity index (χ1) is 7.97. The molecule has 1 atom stereocenters. The summed E-state index contributed by atoms with van der Waals surface area (Å²) in [6.45, 7) is 11.9. The summed E-state index contributed by atoms with van der Waals surface area (Å²) in [5.74, 6) is -0.0862. The van der Waals surface area contributed by atoms with E-state index in [0.717, 1.165) is 26.1 Å². The summed E-state index contributed by atoms with van der Waals surface area (Å²) in [5, 5.41) is 0. The van der Waals surface area contributed by atoms with Crippen LogP contribution in [0.4, 0.5) is 0 Å². The number of carbonyl (C=O) groups is 1. The fraction of sp³-hybridized carbons (Fsp3) is 0.923. The Balaban J connectivity index is 2.37. The number of nitrogens with zero attached hydrogens (tertiary/aromatic N) is 2. The third-order valence-electron chi connectivity index (χ3n) is 3.58. The van der Waals surface area contributed by atoms with Crippen LogP contribution in [0.5, 0.6) is 0 Å². The summed E-state index contributed by atoms with van der Waals surface area (Å²) >= 11 is 0. The minimum absolute atomic E-state index is 0.00109. The van der Waals surface area contributed by atoms with Gasteiger partial charge in [0.2, 0.25) is 0 Å². The van der Waals surface area contributed by atoms with Gasteiger partial charge in [-0.3, -0.25) is 14.6 Å². The number of hydrogen-bond donors (Lipinski definition) is 0. The first-order valence-electron chi connectivity index (χ1n) is 6.55. The molecule has 1 unspecified atom stereocenters. The van der Waals surface area contributed by atoms with E-state index in [1.54, 1.807) is 0 Å². The van der Waals surface area contributed by atoms with Gasteiger partial charge in [-0.05, 0) is 34.1 Å². The van der Waals surface area contributed by atoms with Gasteiger partial charge in [0.1, 0.15) is 6.04 Å². The van der Waals surface area contributed by atoms with Crippen molar-refractivity contribution in [2.24, 2.45) is 0 Å². The van der Waals surface area contributed by atoms with Crippen LogP contribution < -0.4 is 0 Å². The fourth-order valence-corrected chi connectivity index (χ4v) is 2.47. The molecule has 4 nitrogen and oxygen atoms in total. The first kappa shape index (κ1) is 14.5. The van der Waals surface area contributed by atoms with Crippen molar-refractivity contribution in [2.45, 2.75) is 52.2 Å². The van der Waals surface area contributed by atoms with Gasteiger partial charge >= 0.3 is 5.97 Å². The lowest BCUT2D eigenvalue weighted by Crippen LogP contribution is -2.55. The van der Waals surface area contributed by atoms with E-state index in [4.69, 9.17) is 4.74 Å². The van der Waals surface area contributed by atoms with Crippen LogP contribution in [0.2, 0.25) is 0 Å². The van der Waals surface area contributed by atoms with Gasteiger partial charge in [0.25, 0.3) is 0 Å². The molecule has 0 aromatic heterocycles. The zero-order valence-electron chi connectivity index (χ0n) is 11.8. The predicted octanol–water partition coefficient (Wildman–Crippen LogP) is 1.35. The molecule has 17 heavy (non-hydrogen) atoms. The second-order valence-corrected chi connectivity index (χ2v) is 5.29. The zero-order valence-corrected chi connectivity index (χ0v) is 11.8. The van der Waals surface area contributed by atoms with Crippen molar-refractivity contribution >= 4 is 5.97 Å². The molecule has 1 fully saturated rings. The summed E-state index contributed by atoms with van der Waals surface area (Å²) in [7, 11) is 1.47. The van der Waals surface area contributed by atoms with E-state index in [9.17, 15) is 4.79 Å². The van der Waals surface area contributed by atoms with E-state index in [2.05, 4.69) is 37.5 Å². The Morgan fingerprint density at radius 1 is 1.35 bits per heavy atom. The molecule has 1 heterocycles. The standard InChI is InChI=1S/C13H26N2O2/c1-10(2)15(11(3)4)9-8-14-7-6-12(14)13(16)17-5/h10-12H,6-9H2,1-5H3. The van der Waals surface area contributed by atoms with Gasteiger partial charge in [-0.2, -0.15) is 0 Å². The number of carbonyl (C=O) groups excluding carboxylic acids is 1. The molecule has 4 heteroatoms. The monoisotopic (exact) mass is 242 g/mol. The molecule has 0 amide bonds. The number of esters is 1. The molecule has 1 rings (SSSR count). The molecule has 100 valence electrons. The molecule has 0 aromatic rings. The summed E-state index contributed by atoms with van der Waals surface area (Å²) < 4.78 is 4.79. The normalized spacial score (nSPS) is 21.1. The Morgan fingerprint density at radius 3 is 2.29 bits per heavy atom. The maximum Gasteiger partial charge on any atom is 0.323 e. The highest BCUT2D eigenvalue weighted by molar-refractivity contribution is 5.76. The second-order valence-electron chi connectivity index (χ2n) is 5.29. The Kier molecular flexibility index (Phi) is 5.40. The maximum atomic E-state index is 11.4. The molecule has 1 aliphatic rings. The van der Waals surface area contributed by atoms with Gasteiger partial charge in [0, 0.05) is 31.7 Å². The van der Waals surface area contributed by atoms with Crippen LogP contribution in [0.15, 0.2) is 0 Å². The maximum absolute atomic E-state index is 11.4. The average molecular weight is 242 g/mol. The van der Waals surface area contributed by atoms with Crippen LogP contribution in [0.25, 0.3) is 0 Å². The minimum atomic E-state index is -0.0862. The van der Waals surface area contributed by atoms with E-state index in [-0.39, 0.29) is 12.0 Å². The molecule has 0 saturated carbocycles. The van der Waals surface area contributed by atoms with Crippen LogP contribution in [-0.4, -0.2) is 60.6 Å². The molecular weight excluding hydrogens is 216 g/mol. The van der Waals surface area contributed by atoms with Crippen molar-refractivity contribution in [1.82, 2.24) is 9.80 Å². The topological polar surface area (TPSA) is 32.8 Å². The number of ether oxygens (including phenoxy) is 1. The van der Waals surface area contributed by atoms with Crippen LogP contribution in [0.3, 0.4) is 0 Å². The van der Waals surface area contributed by atoms with Crippen molar-refractivity contribution in [1.29, 1.82) is 0 Å². The predicted molar refractivity (Wildman–Crippen MR) is 69.0 cm³/mol. The van der Waals surface area contributed by atoms with E-state index < -0.39 is 0 Å². The van der Waals surface area contributed by atoms with Gasteiger partial charge in [0.05, 0.1) is 7.11 Å². The molecular formula is C13H26N2O2. The third-order valence-corrected chi connectivity index (χ3v) is 3.58. The van der Waals surface area contributed by atoms with Gasteiger partial charge in [-0.1, -0.05) is 0 Å². The fourth-order valence-electron chi connectivity index (χ4n) is 2.47. The highest BCUT2D eigenvalue weighted by Gasteiger charge is 2.34. The van der Waals surface area contributed by atoms with Gasteiger partial charge in [0.15, 0.2) is 0 Å².